The van der Waals surface area contributed by atoms with Crippen molar-refractivity contribution in [2.24, 2.45) is 0 Å². The molecule has 2 aromatic rings. The zero-order chi connectivity index (χ0) is 20.4. The predicted octanol–water partition coefficient (Wildman–Crippen LogP) is 2.05. The molecule has 1 aliphatic heterocycles. The van der Waals surface area contributed by atoms with Gasteiger partial charge in [-0.1, -0.05) is 0 Å². The number of benzene rings is 2. The second-order valence-corrected chi connectivity index (χ2v) is 6.24. The van der Waals surface area contributed by atoms with Crippen LogP contribution in [0.1, 0.15) is 20.7 Å². The topological polar surface area (TPSA) is 110 Å². The fourth-order valence-electron chi connectivity index (χ4n) is 2.94. The first-order valence-electron chi connectivity index (χ1n) is 8.35. The molecule has 146 valence electrons. The van der Waals surface area contributed by atoms with Gasteiger partial charge >= 0.3 is 0 Å². The molecule has 0 aromatic heterocycles. The number of hydrogen-bond acceptors (Lipinski definition) is 5. The van der Waals surface area contributed by atoms with Crippen molar-refractivity contribution in [1.29, 1.82) is 0 Å². The summed E-state index contributed by atoms with van der Waals surface area (Å²) in [5.74, 6) is -3.02. The Morgan fingerprint density at radius 3 is 1.89 bits per heavy atom. The van der Waals surface area contributed by atoms with Crippen molar-refractivity contribution in [3.8, 4) is 0 Å². The summed E-state index contributed by atoms with van der Waals surface area (Å²) in [5.41, 5.74) is 5.29. The van der Waals surface area contributed by atoms with Crippen LogP contribution in [0, 0.1) is 21.7 Å². The van der Waals surface area contributed by atoms with Crippen molar-refractivity contribution in [2.75, 3.05) is 31.9 Å². The van der Waals surface area contributed by atoms with E-state index >= 15 is 0 Å². The van der Waals surface area contributed by atoms with Gasteiger partial charge < -0.3 is 15.5 Å². The van der Waals surface area contributed by atoms with Crippen molar-refractivity contribution in [3.05, 3.63) is 69.3 Å². The minimum absolute atomic E-state index is 0.0211. The normalized spacial score (nSPS) is 14.1. The van der Waals surface area contributed by atoms with Crippen LogP contribution in [0.2, 0.25) is 0 Å². The zero-order valence-electron chi connectivity index (χ0n) is 14.6. The lowest BCUT2D eigenvalue weighted by Gasteiger charge is -2.34. The van der Waals surface area contributed by atoms with Gasteiger partial charge in [0, 0.05) is 43.4 Å². The Bertz CT molecular complexity index is 959. The first kappa shape index (κ1) is 19.2. The number of nitro groups is 1. The van der Waals surface area contributed by atoms with Gasteiger partial charge in [-0.15, -0.1) is 0 Å². The number of anilines is 1. The van der Waals surface area contributed by atoms with Crippen LogP contribution >= 0.6 is 0 Å². The number of nitrogens with zero attached hydrogens (tertiary/aromatic N) is 3. The van der Waals surface area contributed by atoms with Crippen LogP contribution < -0.4 is 5.73 Å². The van der Waals surface area contributed by atoms with Crippen molar-refractivity contribution >= 4 is 23.2 Å². The fourth-order valence-corrected chi connectivity index (χ4v) is 2.94. The molecule has 0 bridgehead atoms. The van der Waals surface area contributed by atoms with E-state index in [2.05, 4.69) is 0 Å². The van der Waals surface area contributed by atoms with E-state index in [0.717, 1.165) is 18.2 Å². The van der Waals surface area contributed by atoms with Crippen LogP contribution in [0.3, 0.4) is 0 Å². The van der Waals surface area contributed by atoms with Crippen LogP contribution in [0.4, 0.5) is 20.2 Å². The summed E-state index contributed by atoms with van der Waals surface area (Å²) in [4.78, 5) is 38.2. The van der Waals surface area contributed by atoms with Gasteiger partial charge in [0.1, 0.15) is 5.69 Å². The Morgan fingerprint density at radius 1 is 0.893 bits per heavy atom. The highest BCUT2D eigenvalue weighted by Gasteiger charge is 2.27. The number of nitrogen functional groups attached to an aromatic ring is 1. The highest BCUT2D eigenvalue weighted by Crippen LogP contribution is 2.23. The minimum atomic E-state index is -1.11. The molecular formula is C18H16F2N4O4. The van der Waals surface area contributed by atoms with E-state index in [0.29, 0.717) is 0 Å². The Labute approximate surface area is 158 Å². The number of rotatable bonds is 3. The van der Waals surface area contributed by atoms with Gasteiger partial charge in [-0.05, 0) is 30.3 Å². The lowest BCUT2D eigenvalue weighted by Crippen LogP contribution is -2.50. The monoisotopic (exact) mass is 390 g/mol. The first-order chi connectivity index (χ1) is 13.3. The summed E-state index contributed by atoms with van der Waals surface area (Å²) in [6.07, 6.45) is 0. The molecule has 2 aromatic carbocycles. The summed E-state index contributed by atoms with van der Waals surface area (Å²) >= 11 is 0. The van der Waals surface area contributed by atoms with Gasteiger partial charge in [0.25, 0.3) is 17.5 Å². The lowest BCUT2D eigenvalue weighted by atomic mass is 10.1. The first-order valence-corrected chi connectivity index (χ1v) is 8.35. The number of nitro benzene ring substituents is 1. The Kier molecular flexibility index (Phi) is 5.21. The molecule has 2 amide bonds. The van der Waals surface area contributed by atoms with Crippen LogP contribution in [0.15, 0.2) is 36.4 Å². The van der Waals surface area contributed by atoms with E-state index in [1.807, 2.05) is 0 Å². The largest absolute Gasteiger partial charge is 0.393 e. The number of halogens is 2. The van der Waals surface area contributed by atoms with Crippen molar-refractivity contribution < 1.29 is 23.3 Å². The van der Waals surface area contributed by atoms with E-state index in [1.54, 1.807) is 0 Å². The third-order valence-electron chi connectivity index (χ3n) is 4.49. The van der Waals surface area contributed by atoms with Gasteiger partial charge in [0.05, 0.1) is 4.92 Å². The van der Waals surface area contributed by atoms with Gasteiger partial charge in [-0.2, -0.15) is 0 Å². The third-order valence-corrected chi connectivity index (χ3v) is 4.49. The van der Waals surface area contributed by atoms with Crippen molar-refractivity contribution in [2.45, 2.75) is 0 Å². The maximum atomic E-state index is 13.3. The Hall–Kier alpha value is -3.56. The van der Waals surface area contributed by atoms with E-state index < -0.39 is 28.4 Å². The van der Waals surface area contributed by atoms with Gasteiger partial charge in [0.2, 0.25) is 0 Å². The van der Waals surface area contributed by atoms with Crippen molar-refractivity contribution in [1.82, 2.24) is 9.80 Å². The summed E-state index contributed by atoms with van der Waals surface area (Å²) in [5, 5.41) is 11.0. The number of carbonyl (C=O) groups is 2. The predicted molar refractivity (Wildman–Crippen MR) is 95.7 cm³/mol. The van der Waals surface area contributed by atoms with E-state index in [1.165, 1.54) is 28.0 Å². The SMILES string of the molecule is Nc1ccc(C(=O)N2CCN(C(=O)c3ccc(F)c(F)c3)CC2)cc1[N+](=O)[O-]. The highest BCUT2D eigenvalue weighted by molar-refractivity contribution is 5.96. The Morgan fingerprint density at radius 2 is 1.39 bits per heavy atom. The smallest absolute Gasteiger partial charge is 0.292 e. The molecule has 1 fully saturated rings. The molecule has 28 heavy (non-hydrogen) atoms. The van der Waals surface area contributed by atoms with Gasteiger partial charge in [-0.3, -0.25) is 19.7 Å². The number of carbonyl (C=O) groups excluding carboxylic acids is 2. The van der Waals surface area contributed by atoms with Crippen molar-refractivity contribution in [3.63, 3.8) is 0 Å². The molecule has 1 saturated heterocycles. The average Bonchev–Trinajstić information content (AvgIpc) is 2.69. The van der Waals surface area contributed by atoms with Gasteiger partial charge in [0.15, 0.2) is 11.6 Å². The van der Waals surface area contributed by atoms with E-state index in [9.17, 15) is 28.5 Å². The number of piperazine rings is 1. The number of amides is 2. The second-order valence-electron chi connectivity index (χ2n) is 6.24. The summed E-state index contributed by atoms with van der Waals surface area (Å²) in [6, 6.07) is 6.75. The summed E-state index contributed by atoms with van der Waals surface area (Å²) < 4.78 is 26.3. The molecule has 1 heterocycles. The molecule has 10 heteroatoms. The number of hydrogen-bond donors (Lipinski definition) is 1. The number of nitrogens with two attached hydrogens (primary N) is 1. The molecule has 0 atom stereocenters. The second kappa shape index (κ2) is 7.59. The molecule has 1 aliphatic rings. The molecule has 3 rings (SSSR count). The molecule has 2 N–H and O–H groups in total. The molecule has 0 unspecified atom stereocenters. The molecule has 0 aliphatic carbocycles. The van der Waals surface area contributed by atoms with Gasteiger partial charge in [-0.25, -0.2) is 8.78 Å². The van der Waals surface area contributed by atoms with E-state index in [-0.39, 0.29) is 48.7 Å². The molecule has 0 saturated carbocycles. The lowest BCUT2D eigenvalue weighted by molar-refractivity contribution is -0.383. The standard InChI is InChI=1S/C18H16F2N4O4/c19-13-3-1-11(9-14(13)20)17(25)22-5-7-23(8-6-22)18(26)12-2-4-15(21)16(10-12)24(27)28/h1-4,9-10H,5-8,21H2. The molecular weight excluding hydrogens is 374 g/mol. The maximum Gasteiger partial charge on any atom is 0.292 e. The Balaban J connectivity index is 1.67. The van der Waals surface area contributed by atoms with Crippen LogP contribution in [0.5, 0.6) is 0 Å². The zero-order valence-corrected chi connectivity index (χ0v) is 14.6. The minimum Gasteiger partial charge on any atom is -0.393 e. The molecule has 8 nitrogen and oxygen atoms in total. The third kappa shape index (κ3) is 3.75. The maximum absolute atomic E-state index is 13.3. The van der Waals surface area contributed by atoms with Crippen LogP contribution in [-0.4, -0.2) is 52.7 Å². The molecule has 0 spiro atoms. The fraction of sp³-hybridized carbons (Fsp3) is 0.222. The van der Waals surface area contributed by atoms with Crippen LogP contribution in [-0.2, 0) is 0 Å². The quantitative estimate of drug-likeness (QED) is 0.490. The van der Waals surface area contributed by atoms with E-state index in [4.69, 9.17) is 5.73 Å². The highest BCUT2D eigenvalue weighted by atomic mass is 19.2. The molecule has 0 radical (unpaired) electrons. The summed E-state index contributed by atoms with van der Waals surface area (Å²) in [6.45, 7) is 0.792. The average molecular weight is 390 g/mol. The summed E-state index contributed by atoms with van der Waals surface area (Å²) in [7, 11) is 0. The van der Waals surface area contributed by atoms with Crippen LogP contribution in [0.25, 0.3) is 0 Å².